The minimum absolute atomic E-state index is 0.0903. The van der Waals surface area contributed by atoms with Gasteiger partial charge >= 0.3 is 0 Å². The molecule has 1 aliphatic rings. The van der Waals surface area contributed by atoms with Gasteiger partial charge in [-0.25, -0.2) is 0 Å². The van der Waals surface area contributed by atoms with E-state index in [1.807, 2.05) is 68.4 Å². The molecule has 1 N–H and O–H groups in total. The van der Waals surface area contributed by atoms with Crippen LogP contribution in [0.3, 0.4) is 0 Å². The normalized spacial score (nSPS) is 14.3. The van der Waals surface area contributed by atoms with E-state index in [9.17, 15) is 4.79 Å². The molecule has 132 valence electrons. The van der Waals surface area contributed by atoms with Crippen molar-refractivity contribution in [2.75, 3.05) is 55.5 Å². The van der Waals surface area contributed by atoms with Crippen LogP contribution in [-0.2, 0) is 4.74 Å². The van der Waals surface area contributed by atoms with Crippen molar-refractivity contribution in [2.45, 2.75) is 6.92 Å². The number of nitrogens with zero attached hydrogens (tertiary/aromatic N) is 2. The van der Waals surface area contributed by atoms with Crippen molar-refractivity contribution in [1.29, 1.82) is 0 Å². The Morgan fingerprint density at radius 2 is 1.76 bits per heavy atom. The smallest absolute Gasteiger partial charge is 0.255 e. The van der Waals surface area contributed by atoms with E-state index in [-0.39, 0.29) is 5.91 Å². The fraction of sp³-hybridized carbons (Fsp3) is 0.350. The highest BCUT2D eigenvalue weighted by Gasteiger charge is 2.12. The van der Waals surface area contributed by atoms with Crippen LogP contribution >= 0.6 is 0 Å². The molecule has 0 unspecified atom stereocenters. The standard InChI is InChI=1S/C20H25N3O2/c1-15-14-16(4-9-19(15)22(2)3)20(24)21-17-5-7-18(8-6-17)23-10-12-25-13-11-23/h4-9,14H,10-13H2,1-3H3,(H,21,24). The lowest BCUT2D eigenvalue weighted by atomic mass is 10.1. The quantitative estimate of drug-likeness (QED) is 0.929. The number of carbonyl (C=O) groups is 1. The van der Waals surface area contributed by atoms with Gasteiger partial charge in [0.2, 0.25) is 0 Å². The van der Waals surface area contributed by atoms with Gasteiger partial charge in [-0.05, 0) is 55.0 Å². The summed E-state index contributed by atoms with van der Waals surface area (Å²) in [5, 5.41) is 2.97. The number of morpholine rings is 1. The molecule has 3 rings (SSSR count). The summed E-state index contributed by atoms with van der Waals surface area (Å²) in [6.07, 6.45) is 0. The zero-order chi connectivity index (χ0) is 17.8. The van der Waals surface area contributed by atoms with Gasteiger partial charge in [-0.1, -0.05) is 0 Å². The van der Waals surface area contributed by atoms with Crippen LogP contribution in [0.5, 0.6) is 0 Å². The highest BCUT2D eigenvalue weighted by Crippen LogP contribution is 2.22. The van der Waals surface area contributed by atoms with Crippen LogP contribution in [-0.4, -0.2) is 46.3 Å². The van der Waals surface area contributed by atoms with Gasteiger partial charge < -0.3 is 19.9 Å². The Morgan fingerprint density at radius 1 is 1.08 bits per heavy atom. The molecule has 2 aromatic carbocycles. The minimum atomic E-state index is -0.0903. The predicted octanol–water partition coefficient (Wildman–Crippen LogP) is 3.15. The van der Waals surface area contributed by atoms with Crippen LogP contribution in [0.1, 0.15) is 15.9 Å². The second kappa shape index (κ2) is 7.57. The third-order valence-corrected chi connectivity index (χ3v) is 4.44. The lowest BCUT2D eigenvalue weighted by Gasteiger charge is -2.28. The summed E-state index contributed by atoms with van der Waals surface area (Å²) >= 11 is 0. The maximum absolute atomic E-state index is 12.5. The van der Waals surface area contributed by atoms with Crippen LogP contribution in [0.4, 0.5) is 17.1 Å². The molecule has 0 aromatic heterocycles. The molecule has 5 heteroatoms. The van der Waals surface area contributed by atoms with Gasteiger partial charge in [-0.3, -0.25) is 4.79 Å². The van der Waals surface area contributed by atoms with Gasteiger partial charge in [0.15, 0.2) is 0 Å². The second-order valence-electron chi connectivity index (χ2n) is 6.50. The van der Waals surface area contributed by atoms with Crippen molar-refractivity contribution in [3.05, 3.63) is 53.6 Å². The largest absolute Gasteiger partial charge is 0.378 e. The molecule has 2 aromatic rings. The number of benzene rings is 2. The summed E-state index contributed by atoms with van der Waals surface area (Å²) in [6, 6.07) is 13.7. The highest BCUT2D eigenvalue weighted by molar-refractivity contribution is 6.04. The molecule has 0 radical (unpaired) electrons. The van der Waals surface area contributed by atoms with Crippen LogP contribution in [0.25, 0.3) is 0 Å². The molecule has 5 nitrogen and oxygen atoms in total. The number of ether oxygens (including phenoxy) is 1. The lowest BCUT2D eigenvalue weighted by Crippen LogP contribution is -2.36. The summed E-state index contributed by atoms with van der Waals surface area (Å²) in [6.45, 7) is 5.36. The molecule has 1 saturated heterocycles. The zero-order valence-corrected chi connectivity index (χ0v) is 15.1. The summed E-state index contributed by atoms with van der Waals surface area (Å²) in [7, 11) is 4.00. The van der Waals surface area contributed by atoms with Crippen LogP contribution < -0.4 is 15.1 Å². The number of carbonyl (C=O) groups excluding carboxylic acids is 1. The van der Waals surface area contributed by atoms with Gasteiger partial charge in [0.05, 0.1) is 13.2 Å². The first-order valence-corrected chi connectivity index (χ1v) is 8.56. The van der Waals surface area contributed by atoms with E-state index in [2.05, 4.69) is 10.2 Å². The monoisotopic (exact) mass is 339 g/mol. The number of amides is 1. The van der Waals surface area contributed by atoms with Crippen molar-refractivity contribution in [3.8, 4) is 0 Å². The molecule has 0 atom stereocenters. The van der Waals surface area contributed by atoms with Crippen molar-refractivity contribution in [1.82, 2.24) is 0 Å². The summed E-state index contributed by atoms with van der Waals surface area (Å²) in [4.78, 5) is 16.8. The van der Waals surface area contributed by atoms with Gasteiger partial charge in [-0.2, -0.15) is 0 Å². The first kappa shape index (κ1) is 17.3. The molecule has 1 amide bonds. The first-order valence-electron chi connectivity index (χ1n) is 8.56. The van der Waals surface area contributed by atoms with E-state index >= 15 is 0 Å². The van der Waals surface area contributed by atoms with Crippen LogP contribution in [0.15, 0.2) is 42.5 Å². The molecule has 1 fully saturated rings. The van der Waals surface area contributed by atoms with Gasteiger partial charge in [0.25, 0.3) is 5.91 Å². The topological polar surface area (TPSA) is 44.8 Å². The van der Waals surface area contributed by atoms with Crippen LogP contribution in [0.2, 0.25) is 0 Å². The number of hydrogen-bond donors (Lipinski definition) is 1. The van der Waals surface area contributed by atoms with Crippen LogP contribution in [0, 0.1) is 6.92 Å². The van der Waals surface area contributed by atoms with E-state index < -0.39 is 0 Å². The molecule has 0 bridgehead atoms. The van der Waals surface area contributed by atoms with Gasteiger partial charge in [-0.15, -0.1) is 0 Å². The third-order valence-electron chi connectivity index (χ3n) is 4.44. The number of anilines is 3. The average molecular weight is 339 g/mol. The van der Waals surface area contributed by atoms with Crippen molar-refractivity contribution < 1.29 is 9.53 Å². The molecule has 1 heterocycles. The molecular weight excluding hydrogens is 314 g/mol. The van der Waals surface area contributed by atoms with E-state index in [1.54, 1.807) is 0 Å². The highest BCUT2D eigenvalue weighted by atomic mass is 16.5. The molecule has 0 spiro atoms. The van der Waals surface area contributed by atoms with Crippen molar-refractivity contribution in [3.63, 3.8) is 0 Å². The fourth-order valence-electron chi connectivity index (χ4n) is 3.08. The minimum Gasteiger partial charge on any atom is -0.378 e. The number of hydrogen-bond acceptors (Lipinski definition) is 4. The third kappa shape index (κ3) is 4.12. The Balaban J connectivity index is 1.67. The average Bonchev–Trinajstić information content (AvgIpc) is 2.62. The molecular formula is C20H25N3O2. The molecule has 1 aliphatic heterocycles. The number of aryl methyl sites for hydroxylation is 1. The second-order valence-corrected chi connectivity index (χ2v) is 6.50. The maximum atomic E-state index is 12.5. The lowest BCUT2D eigenvalue weighted by molar-refractivity contribution is 0.102. The predicted molar refractivity (Wildman–Crippen MR) is 103 cm³/mol. The number of rotatable bonds is 4. The number of nitrogens with one attached hydrogen (secondary N) is 1. The van der Waals surface area contributed by atoms with Crippen molar-refractivity contribution >= 4 is 23.0 Å². The SMILES string of the molecule is Cc1cc(C(=O)Nc2ccc(N3CCOCC3)cc2)ccc1N(C)C. The van der Waals surface area contributed by atoms with E-state index in [1.165, 1.54) is 0 Å². The zero-order valence-electron chi connectivity index (χ0n) is 15.1. The summed E-state index contributed by atoms with van der Waals surface area (Å²) < 4.78 is 5.38. The Kier molecular flexibility index (Phi) is 5.24. The Morgan fingerprint density at radius 3 is 2.36 bits per heavy atom. The van der Waals surface area contributed by atoms with Gasteiger partial charge in [0.1, 0.15) is 0 Å². The van der Waals surface area contributed by atoms with Crippen molar-refractivity contribution in [2.24, 2.45) is 0 Å². The molecule has 25 heavy (non-hydrogen) atoms. The summed E-state index contributed by atoms with van der Waals surface area (Å²) in [5.41, 5.74) is 4.83. The molecule has 0 aliphatic carbocycles. The van der Waals surface area contributed by atoms with E-state index in [0.29, 0.717) is 5.56 Å². The Labute approximate surface area is 149 Å². The molecule has 0 saturated carbocycles. The maximum Gasteiger partial charge on any atom is 0.255 e. The van der Waals surface area contributed by atoms with E-state index in [0.717, 1.165) is 48.9 Å². The Hall–Kier alpha value is -2.53. The van der Waals surface area contributed by atoms with E-state index in [4.69, 9.17) is 4.74 Å². The summed E-state index contributed by atoms with van der Waals surface area (Å²) in [5.74, 6) is -0.0903. The first-order chi connectivity index (χ1) is 12.0. The fourth-order valence-corrected chi connectivity index (χ4v) is 3.08. The Bertz CT molecular complexity index is 735. The van der Waals surface area contributed by atoms with Gasteiger partial charge in [0, 0.05) is 49.8 Å².